The number of anilines is 1. The Balaban J connectivity index is 1.83. The van der Waals surface area contributed by atoms with E-state index in [-0.39, 0.29) is 12.5 Å². The van der Waals surface area contributed by atoms with Gasteiger partial charge in [0.15, 0.2) is 0 Å². The van der Waals surface area contributed by atoms with Crippen molar-refractivity contribution in [2.75, 3.05) is 25.0 Å². The Kier molecular flexibility index (Phi) is 2.79. The number of rotatable bonds is 3. The van der Waals surface area contributed by atoms with Crippen LogP contribution in [0.15, 0.2) is 0 Å². The first-order chi connectivity index (χ1) is 7.27. The van der Waals surface area contributed by atoms with Gasteiger partial charge in [-0.25, -0.2) is 4.68 Å². The highest BCUT2D eigenvalue weighted by molar-refractivity contribution is 5.80. The highest BCUT2D eigenvalue weighted by atomic mass is 16.2. The monoisotopic (exact) mass is 210 g/mol. The SMILES string of the molecule is Cn1nnnc1NCC(=O)N1CCCC1. The zero-order valence-corrected chi connectivity index (χ0v) is 8.68. The van der Waals surface area contributed by atoms with Crippen LogP contribution in [-0.2, 0) is 11.8 Å². The Labute approximate surface area is 87.4 Å². The van der Waals surface area contributed by atoms with Crippen molar-refractivity contribution >= 4 is 11.9 Å². The smallest absolute Gasteiger partial charge is 0.243 e. The lowest BCUT2D eigenvalue weighted by molar-refractivity contribution is -0.128. The van der Waals surface area contributed by atoms with Gasteiger partial charge in [-0.15, -0.1) is 0 Å². The van der Waals surface area contributed by atoms with E-state index < -0.39 is 0 Å². The van der Waals surface area contributed by atoms with Gasteiger partial charge >= 0.3 is 0 Å². The lowest BCUT2D eigenvalue weighted by Gasteiger charge is -2.15. The predicted molar refractivity (Wildman–Crippen MR) is 53.1 cm³/mol. The molecule has 0 spiro atoms. The minimum absolute atomic E-state index is 0.107. The van der Waals surface area contributed by atoms with Gasteiger partial charge in [-0.05, 0) is 23.3 Å². The number of amides is 1. The van der Waals surface area contributed by atoms with Crippen molar-refractivity contribution in [3.8, 4) is 0 Å². The molecule has 1 aromatic heterocycles. The Morgan fingerprint density at radius 2 is 2.20 bits per heavy atom. The molecule has 15 heavy (non-hydrogen) atoms. The third-order valence-corrected chi connectivity index (χ3v) is 2.48. The standard InChI is InChI=1S/C8H14N6O/c1-13-8(10-11-12-13)9-6-7(15)14-4-2-3-5-14/h2-6H2,1H3,(H,9,10,12). The molecular weight excluding hydrogens is 196 g/mol. The number of aromatic nitrogens is 4. The Bertz CT molecular complexity index is 343. The van der Waals surface area contributed by atoms with Crippen molar-refractivity contribution in [2.45, 2.75) is 12.8 Å². The Hall–Kier alpha value is -1.66. The number of tetrazole rings is 1. The second-order valence-electron chi connectivity index (χ2n) is 3.57. The normalized spacial score (nSPS) is 15.7. The third kappa shape index (κ3) is 2.23. The molecule has 0 unspecified atom stereocenters. The van der Waals surface area contributed by atoms with Crippen LogP contribution in [0.2, 0.25) is 0 Å². The molecule has 2 rings (SSSR count). The molecule has 1 aliphatic heterocycles. The first kappa shape index (κ1) is 9.88. The fourth-order valence-corrected chi connectivity index (χ4v) is 1.61. The van der Waals surface area contributed by atoms with E-state index in [1.807, 2.05) is 4.90 Å². The molecular formula is C8H14N6O. The maximum absolute atomic E-state index is 11.6. The fourth-order valence-electron chi connectivity index (χ4n) is 1.61. The predicted octanol–water partition coefficient (Wildman–Crippen LogP) is -0.756. The van der Waals surface area contributed by atoms with Gasteiger partial charge in [-0.1, -0.05) is 5.10 Å². The summed E-state index contributed by atoms with van der Waals surface area (Å²) in [5.41, 5.74) is 0. The summed E-state index contributed by atoms with van der Waals surface area (Å²) < 4.78 is 1.50. The van der Waals surface area contributed by atoms with E-state index >= 15 is 0 Å². The molecule has 1 saturated heterocycles. The lowest BCUT2D eigenvalue weighted by atomic mass is 10.4. The van der Waals surface area contributed by atoms with Crippen molar-refractivity contribution in [3.63, 3.8) is 0 Å². The van der Waals surface area contributed by atoms with Gasteiger partial charge in [0.05, 0.1) is 6.54 Å². The highest BCUT2D eigenvalue weighted by Gasteiger charge is 2.17. The largest absolute Gasteiger partial charge is 0.344 e. The van der Waals surface area contributed by atoms with E-state index in [1.54, 1.807) is 7.05 Å². The zero-order chi connectivity index (χ0) is 10.7. The van der Waals surface area contributed by atoms with Gasteiger partial charge in [0, 0.05) is 20.1 Å². The van der Waals surface area contributed by atoms with Gasteiger partial charge in [0.25, 0.3) is 0 Å². The van der Waals surface area contributed by atoms with Gasteiger partial charge in [0.1, 0.15) is 0 Å². The van der Waals surface area contributed by atoms with Crippen LogP contribution in [0.4, 0.5) is 5.95 Å². The summed E-state index contributed by atoms with van der Waals surface area (Å²) in [6.45, 7) is 2.00. The number of carbonyl (C=O) groups excluding carboxylic acids is 1. The lowest BCUT2D eigenvalue weighted by Crippen LogP contribution is -2.33. The molecule has 0 aliphatic carbocycles. The van der Waals surface area contributed by atoms with Crippen LogP contribution in [0.5, 0.6) is 0 Å². The van der Waals surface area contributed by atoms with E-state index in [0.717, 1.165) is 25.9 Å². The minimum atomic E-state index is 0.107. The molecule has 1 amide bonds. The number of hydrogen-bond acceptors (Lipinski definition) is 5. The molecule has 1 N–H and O–H groups in total. The number of aryl methyl sites for hydroxylation is 1. The molecule has 82 valence electrons. The number of hydrogen-bond donors (Lipinski definition) is 1. The summed E-state index contributed by atoms with van der Waals surface area (Å²) in [5.74, 6) is 0.623. The van der Waals surface area contributed by atoms with Crippen LogP contribution >= 0.6 is 0 Å². The summed E-state index contributed by atoms with van der Waals surface area (Å²) in [5, 5.41) is 13.8. The summed E-state index contributed by atoms with van der Waals surface area (Å²) in [4.78, 5) is 13.5. The van der Waals surface area contributed by atoms with Crippen LogP contribution in [0.25, 0.3) is 0 Å². The second kappa shape index (κ2) is 4.24. The average molecular weight is 210 g/mol. The molecule has 0 aromatic carbocycles. The zero-order valence-electron chi connectivity index (χ0n) is 8.68. The summed E-state index contributed by atoms with van der Waals surface area (Å²) in [6, 6.07) is 0. The van der Waals surface area contributed by atoms with Gasteiger partial charge in [-0.2, -0.15) is 0 Å². The van der Waals surface area contributed by atoms with Crippen LogP contribution < -0.4 is 5.32 Å². The maximum atomic E-state index is 11.6. The molecule has 0 atom stereocenters. The van der Waals surface area contributed by atoms with Crippen molar-refractivity contribution in [1.29, 1.82) is 0 Å². The Morgan fingerprint density at radius 3 is 2.80 bits per heavy atom. The third-order valence-electron chi connectivity index (χ3n) is 2.48. The van der Waals surface area contributed by atoms with Crippen LogP contribution in [-0.4, -0.2) is 50.6 Å². The van der Waals surface area contributed by atoms with E-state index in [2.05, 4.69) is 20.8 Å². The summed E-state index contributed by atoms with van der Waals surface area (Å²) in [7, 11) is 1.72. The fraction of sp³-hybridized carbons (Fsp3) is 0.750. The number of likely N-dealkylation sites (tertiary alicyclic amines) is 1. The quantitative estimate of drug-likeness (QED) is 0.710. The Morgan fingerprint density at radius 1 is 1.47 bits per heavy atom. The van der Waals surface area contributed by atoms with E-state index in [9.17, 15) is 4.79 Å². The minimum Gasteiger partial charge on any atom is -0.344 e. The molecule has 0 saturated carbocycles. The van der Waals surface area contributed by atoms with E-state index in [1.165, 1.54) is 4.68 Å². The topological polar surface area (TPSA) is 75.9 Å². The molecule has 2 heterocycles. The van der Waals surface area contributed by atoms with Gasteiger partial charge < -0.3 is 10.2 Å². The molecule has 7 heteroatoms. The average Bonchev–Trinajstić information content (AvgIpc) is 2.85. The van der Waals surface area contributed by atoms with Crippen molar-refractivity contribution < 1.29 is 4.79 Å². The van der Waals surface area contributed by atoms with E-state index in [0.29, 0.717) is 5.95 Å². The van der Waals surface area contributed by atoms with Crippen LogP contribution in [0.1, 0.15) is 12.8 Å². The molecule has 0 bridgehead atoms. The highest BCUT2D eigenvalue weighted by Crippen LogP contribution is 2.07. The molecule has 1 aliphatic rings. The summed E-state index contributed by atoms with van der Waals surface area (Å²) in [6.07, 6.45) is 2.22. The molecule has 1 fully saturated rings. The maximum Gasteiger partial charge on any atom is 0.243 e. The number of carbonyl (C=O) groups is 1. The molecule has 7 nitrogen and oxygen atoms in total. The van der Waals surface area contributed by atoms with Gasteiger partial charge in [0.2, 0.25) is 11.9 Å². The number of nitrogens with one attached hydrogen (secondary N) is 1. The molecule has 1 aromatic rings. The first-order valence-electron chi connectivity index (χ1n) is 5.01. The van der Waals surface area contributed by atoms with Crippen molar-refractivity contribution in [2.24, 2.45) is 7.05 Å². The van der Waals surface area contributed by atoms with Gasteiger partial charge in [-0.3, -0.25) is 4.79 Å². The first-order valence-corrected chi connectivity index (χ1v) is 5.01. The van der Waals surface area contributed by atoms with Crippen LogP contribution in [0.3, 0.4) is 0 Å². The van der Waals surface area contributed by atoms with Crippen molar-refractivity contribution in [3.05, 3.63) is 0 Å². The van der Waals surface area contributed by atoms with Crippen LogP contribution in [0, 0.1) is 0 Å². The summed E-state index contributed by atoms with van der Waals surface area (Å²) >= 11 is 0. The second-order valence-corrected chi connectivity index (χ2v) is 3.57. The van der Waals surface area contributed by atoms with Crippen molar-refractivity contribution in [1.82, 2.24) is 25.1 Å². The number of nitrogens with zero attached hydrogens (tertiary/aromatic N) is 5. The molecule has 0 radical (unpaired) electrons. The van der Waals surface area contributed by atoms with E-state index in [4.69, 9.17) is 0 Å².